The zero-order valence-electron chi connectivity index (χ0n) is 12.1. The highest BCUT2D eigenvalue weighted by Crippen LogP contribution is 2.60. The van der Waals surface area contributed by atoms with Crippen LogP contribution in [-0.4, -0.2) is 58.4 Å². The summed E-state index contributed by atoms with van der Waals surface area (Å²) in [6.45, 7) is -0.416. The fourth-order valence-electron chi connectivity index (χ4n) is 1.43. The smallest absolute Gasteiger partial charge is 0.460 e. The molecule has 0 rings (SSSR count). The topological polar surface area (TPSA) is 49.1 Å². The van der Waals surface area contributed by atoms with Gasteiger partial charge in [-0.05, 0) is 0 Å². The lowest BCUT2D eigenvalue weighted by Gasteiger charge is -2.39. The normalized spacial score (nSPS) is 16.7. The summed E-state index contributed by atoms with van der Waals surface area (Å²) < 4.78 is 177. The van der Waals surface area contributed by atoms with E-state index >= 15 is 0 Å². The Morgan fingerprint density at radius 3 is 1.35 bits per heavy atom. The largest absolute Gasteiger partial charge is 0.616 e. The lowest BCUT2D eigenvalue weighted by molar-refractivity contribution is -0.439. The molecule has 0 radical (unpaired) electrons. The molecular weight excluding hydrogens is 429 g/mol. The van der Waals surface area contributed by atoms with E-state index in [-0.39, 0.29) is 0 Å². The molecule has 0 aromatic carbocycles. The van der Waals surface area contributed by atoms with Crippen LogP contribution in [0.15, 0.2) is 0 Å². The first kappa shape index (κ1) is 25.4. The first-order valence-corrected chi connectivity index (χ1v) is 7.70. The zero-order chi connectivity index (χ0) is 21.4. The van der Waals surface area contributed by atoms with Crippen LogP contribution in [0.25, 0.3) is 0 Å². The van der Waals surface area contributed by atoms with Crippen LogP contribution < -0.4 is 5.73 Å². The fourth-order valence-corrected chi connectivity index (χ4v) is 2.39. The second-order valence-electron chi connectivity index (χ2n) is 4.89. The molecule has 0 amide bonds. The maximum Gasteiger partial charge on any atom is 0.460 e. The van der Waals surface area contributed by atoms with E-state index in [1.165, 1.54) is 0 Å². The average Bonchev–Trinajstić information content (AvgIpc) is 2.43. The first-order valence-electron chi connectivity index (χ1n) is 6.21. The van der Waals surface area contributed by atoms with Crippen LogP contribution in [0.5, 0.6) is 0 Å². The van der Waals surface area contributed by atoms with Crippen molar-refractivity contribution in [2.45, 2.75) is 42.2 Å². The van der Waals surface area contributed by atoms with Crippen LogP contribution >= 0.6 is 0 Å². The molecule has 0 aromatic heterocycles. The third-order valence-electron chi connectivity index (χ3n) is 2.99. The highest BCUT2D eigenvalue weighted by molar-refractivity contribution is 7.91. The van der Waals surface area contributed by atoms with Crippen LogP contribution in [0.3, 0.4) is 0 Å². The zero-order valence-corrected chi connectivity index (χ0v) is 13.0. The van der Waals surface area contributed by atoms with E-state index in [0.29, 0.717) is 0 Å². The van der Waals surface area contributed by atoms with Gasteiger partial charge in [0, 0.05) is 6.54 Å². The van der Waals surface area contributed by atoms with Crippen LogP contribution in [0.2, 0.25) is 0 Å². The van der Waals surface area contributed by atoms with Crippen molar-refractivity contribution < 1.29 is 61.6 Å². The average molecular weight is 439 g/mol. The number of alkyl halides is 13. The molecule has 16 heteroatoms. The van der Waals surface area contributed by atoms with Crippen molar-refractivity contribution in [3.05, 3.63) is 0 Å². The Bertz CT molecular complexity index is 478. The Balaban J connectivity index is 5.85. The van der Waals surface area contributed by atoms with E-state index in [9.17, 15) is 61.6 Å². The van der Waals surface area contributed by atoms with E-state index in [2.05, 4.69) is 0 Å². The maximum absolute atomic E-state index is 13.3. The molecule has 2 N–H and O–H groups in total. The Morgan fingerprint density at radius 1 is 0.615 bits per heavy atom. The van der Waals surface area contributed by atoms with E-state index in [1.54, 1.807) is 0 Å². The van der Waals surface area contributed by atoms with E-state index in [4.69, 9.17) is 5.73 Å². The van der Waals surface area contributed by atoms with Crippen LogP contribution in [-0.2, 0) is 11.2 Å². The van der Waals surface area contributed by atoms with Crippen molar-refractivity contribution in [1.29, 1.82) is 0 Å². The minimum Gasteiger partial charge on any atom is -0.616 e. The van der Waals surface area contributed by atoms with Crippen molar-refractivity contribution in [2.24, 2.45) is 5.73 Å². The van der Waals surface area contributed by atoms with Gasteiger partial charge in [-0.15, -0.1) is 0 Å². The van der Waals surface area contributed by atoms with Crippen LogP contribution in [0, 0.1) is 0 Å². The van der Waals surface area contributed by atoms with Gasteiger partial charge in [0.1, 0.15) is 11.5 Å². The van der Waals surface area contributed by atoms with Gasteiger partial charge in [0.05, 0.1) is 6.42 Å². The third kappa shape index (κ3) is 4.10. The fraction of sp³-hybridized carbons (Fsp3) is 1.00. The monoisotopic (exact) mass is 439 g/mol. The SMILES string of the molecule is NCC[S+]([O-])CCC(F)(F)C(F)(F)C(F)(F)C(F)(F)C(F)(F)C(F)(F)F. The summed E-state index contributed by atoms with van der Waals surface area (Å²) in [5.74, 6) is -39.0. The standard InChI is InChI=1S/C10H10F13NOS/c11-5(12,1-3-26(25)4-2-24)6(13,14)7(15,16)8(17,18)9(19,20)10(21,22)23/h1-4,24H2. The molecule has 0 fully saturated rings. The lowest BCUT2D eigenvalue weighted by atomic mass is 9.93. The molecule has 0 aromatic rings. The molecule has 2 nitrogen and oxygen atoms in total. The molecule has 0 spiro atoms. The molecule has 1 unspecified atom stereocenters. The van der Waals surface area contributed by atoms with Gasteiger partial charge in [0.25, 0.3) is 0 Å². The summed E-state index contributed by atoms with van der Waals surface area (Å²) in [6, 6.07) is 0. The van der Waals surface area contributed by atoms with Gasteiger partial charge in [-0.25, -0.2) is 0 Å². The summed E-state index contributed by atoms with van der Waals surface area (Å²) in [5, 5.41) is 0. The maximum atomic E-state index is 13.3. The lowest BCUT2D eigenvalue weighted by Crippen LogP contribution is -2.70. The van der Waals surface area contributed by atoms with Crippen molar-refractivity contribution in [3.8, 4) is 0 Å². The number of hydrogen-bond donors (Lipinski definition) is 1. The molecule has 1 atom stereocenters. The quantitative estimate of drug-likeness (QED) is 0.439. The number of hydrogen-bond acceptors (Lipinski definition) is 2. The van der Waals surface area contributed by atoms with Gasteiger partial charge in [0.15, 0.2) is 0 Å². The van der Waals surface area contributed by atoms with Crippen molar-refractivity contribution in [2.75, 3.05) is 18.1 Å². The molecule has 0 bridgehead atoms. The van der Waals surface area contributed by atoms with E-state index in [0.717, 1.165) is 0 Å². The van der Waals surface area contributed by atoms with Crippen molar-refractivity contribution in [1.82, 2.24) is 0 Å². The first-order chi connectivity index (χ1) is 11.2. The van der Waals surface area contributed by atoms with Crippen LogP contribution in [0.1, 0.15) is 6.42 Å². The van der Waals surface area contributed by atoms with E-state index < -0.39 is 71.4 Å². The van der Waals surface area contributed by atoms with Gasteiger partial charge in [-0.1, -0.05) is 11.2 Å². The van der Waals surface area contributed by atoms with E-state index in [1.807, 2.05) is 0 Å². The summed E-state index contributed by atoms with van der Waals surface area (Å²) in [4.78, 5) is 0. The Labute approximate surface area is 140 Å². The highest BCUT2D eigenvalue weighted by atomic mass is 32.2. The predicted octanol–water partition coefficient (Wildman–Crippen LogP) is 3.82. The summed E-state index contributed by atoms with van der Waals surface area (Å²) in [6.07, 6.45) is -9.90. The summed E-state index contributed by atoms with van der Waals surface area (Å²) in [5.41, 5.74) is 4.83. The second-order valence-corrected chi connectivity index (χ2v) is 6.58. The third-order valence-corrected chi connectivity index (χ3v) is 4.34. The molecule has 26 heavy (non-hydrogen) atoms. The summed E-state index contributed by atoms with van der Waals surface area (Å²) >= 11 is -2.38. The highest BCUT2D eigenvalue weighted by Gasteiger charge is 2.90. The van der Waals surface area contributed by atoms with Crippen LogP contribution in [0.4, 0.5) is 57.1 Å². The Kier molecular flexibility index (Phi) is 7.23. The molecule has 158 valence electrons. The minimum atomic E-state index is -7.92. The van der Waals surface area contributed by atoms with Gasteiger partial charge in [-0.3, -0.25) is 0 Å². The van der Waals surface area contributed by atoms with Crippen molar-refractivity contribution >= 4 is 11.2 Å². The molecule has 0 aliphatic carbocycles. The Morgan fingerprint density at radius 2 is 1.00 bits per heavy atom. The minimum absolute atomic E-state index is 0.416. The Hall–Kier alpha value is -0.640. The molecule has 0 saturated heterocycles. The molecule has 0 heterocycles. The number of nitrogens with two attached hydrogens (primary N) is 1. The number of rotatable bonds is 9. The van der Waals surface area contributed by atoms with Gasteiger partial charge >= 0.3 is 35.8 Å². The second kappa shape index (κ2) is 7.41. The van der Waals surface area contributed by atoms with Gasteiger partial charge in [0.2, 0.25) is 0 Å². The molecule has 0 aliphatic rings. The van der Waals surface area contributed by atoms with Gasteiger partial charge < -0.3 is 10.3 Å². The molecule has 0 saturated carbocycles. The van der Waals surface area contributed by atoms with Crippen molar-refractivity contribution in [3.63, 3.8) is 0 Å². The summed E-state index contributed by atoms with van der Waals surface area (Å²) in [7, 11) is 0. The molecule has 0 aliphatic heterocycles. The molecular formula is C10H10F13NOS. The van der Waals surface area contributed by atoms with Gasteiger partial charge in [-0.2, -0.15) is 57.1 Å². The number of halogens is 13. The predicted molar refractivity (Wildman–Crippen MR) is 62.3 cm³/mol.